The molecule has 0 bridgehead atoms. The number of nitro benzene ring substituents is 1. The molecular formula is C13H17FN2O3. The Bertz CT molecular complexity index is 473. The van der Waals surface area contributed by atoms with Crippen molar-refractivity contribution < 1.29 is 14.1 Å². The maximum Gasteiger partial charge on any atom is 0.346 e. The molecule has 1 saturated carbocycles. The van der Waals surface area contributed by atoms with Crippen LogP contribution in [-0.2, 0) is 0 Å². The molecule has 2 N–H and O–H groups in total. The average molecular weight is 268 g/mol. The van der Waals surface area contributed by atoms with Crippen LogP contribution >= 0.6 is 0 Å². The van der Waals surface area contributed by atoms with E-state index in [2.05, 4.69) is 0 Å². The third-order valence-corrected chi connectivity index (χ3v) is 3.50. The van der Waals surface area contributed by atoms with Crippen molar-refractivity contribution in [3.63, 3.8) is 0 Å². The van der Waals surface area contributed by atoms with E-state index in [0.29, 0.717) is 0 Å². The first-order chi connectivity index (χ1) is 9.02. The van der Waals surface area contributed by atoms with Gasteiger partial charge in [0.05, 0.1) is 10.5 Å². The molecule has 0 heterocycles. The number of hydrogen-bond acceptors (Lipinski definition) is 4. The zero-order valence-electron chi connectivity index (χ0n) is 10.6. The van der Waals surface area contributed by atoms with E-state index >= 15 is 0 Å². The van der Waals surface area contributed by atoms with Crippen molar-refractivity contribution >= 4 is 5.69 Å². The lowest BCUT2D eigenvalue weighted by atomic mass is 9.83. The van der Waals surface area contributed by atoms with Gasteiger partial charge in [-0.25, -0.2) is 0 Å². The van der Waals surface area contributed by atoms with Gasteiger partial charge < -0.3 is 10.5 Å². The number of halogens is 1. The molecule has 6 heteroatoms. The Morgan fingerprint density at radius 1 is 1.37 bits per heavy atom. The summed E-state index contributed by atoms with van der Waals surface area (Å²) in [4.78, 5) is 10.1. The largest absolute Gasteiger partial charge is 0.485 e. The molecule has 0 radical (unpaired) electrons. The second kappa shape index (κ2) is 5.52. The minimum absolute atomic E-state index is 0.0552. The molecule has 0 atom stereocenters. The molecule has 0 saturated heterocycles. The van der Waals surface area contributed by atoms with E-state index in [9.17, 15) is 14.5 Å². The van der Waals surface area contributed by atoms with Crippen molar-refractivity contribution in [1.29, 1.82) is 0 Å². The van der Waals surface area contributed by atoms with Gasteiger partial charge in [0.1, 0.15) is 6.61 Å². The van der Waals surface area contributed by atoms with Crippen LogP contribution in [0.15, 0.2) is 18.2 Å². The Kier molecular flexibility index (Phi) is 3.99. The van der Waals surface area contributed by atoms with E-state index in [4.69, 9.17) is 10.5 Å². The SMILES string of the molecule is NC1(COc2cccc(F)c2[N+](=O)[O-])CCCCC1. The van der Waals surface area contributed by atoms with E-state index in [1.165, 1.54) is 12.1 Å². The lowest BCUT2D eigenvalue weighted by molar-refractivity contribution is -0.388. The van der Waals surface area contributed by atoms with Crippen molar-refractivity contribution in [2.75, 3.05) is 6.61 Å². The van der Waals surface area contributed by atoms with Gasteiger partial charge in [-0.3, -0.25) is 10.1 Å². The van der Waals surface area contributed by atoms with Gasteiger partial charge in [0, 0.05) is 0 Å². The summed E-state index contributed by atoms with van der Waals surface area (Å²) in [6, 6.07) is 3.83. The summed E-state index contributed by atoms with van der Waals surface area (Å²) in [6.45, 7) is 0.178. The summed E-state index contributed by atoms with van der Waals surface area (Å²) in [7, 11) is 0. The topological polar surface area (TPSA) is 78.4 Å². The number of ether oxygens (including phenoxy) is 1. The highest BCUT2D eigenvalue weighted by Crippen LogP contribution is 2.32. The molecule has 104 valence electrons. The van der Waals surface area contributed by atoms with E-state index in [1.807, 2.05) is 0 Å². The summed E-state index contributed by atoms with van der Waals surface area (Å²) < 4.78 is 18.8. The van der Waals surface area contributed by atoms with Gasteiger partial charge in [-0.2, -0.15) is 4.39 Å². The molecule has 1 aromatic carbocycles. The Labute approximate surface area is 110 Å². The van der Waals surface area contributed by atoms with Crippen LogP contribution in [0.2, 0.25) is 0 Å². The molecular weight excluding hydrogens is 251 g/mol. The molecule has 0 unspecified atom stereocenters. The highest BCUT2D eigenvalue weighted by molar-refractivity contribution is 5.47. The van der Waals surface area contributed by atoms with Gasteiger partial charge in [-0.15, -0.1) is 0 Å². The summed E-state index contributed by atoms with van der Waals surface area (Å²) in [5.41, 5.74) is 5.10. The van der Waals surface area contributed by atoms with Gasteiger partial charge in [-0.1, -0.05) is 25.3 Å². The quantitative estimate of drug-likeness (QED) is 0.672. The summed E-state index contributed by atoms with van der Waals surface area (Å²) >= 11 is 0. The van der Waals surface area contributed by atoms with Crippen LogP contribution in [0.25, 0.3) is 0 Å². The smallest absolute Gasteiger partial charge is 0.346 e. The lowest BCUT2D eigenvalue weighted by Gasteiger charge is -2.32. The average Bonchev–Trinajstić information content (AvgIpc) is 2.37. The van der Waals surface area contributed by atoms with Crippen molar-refractivity contribution in [2.24, 2.45) is 5.73 Å². The van der Waals surface area contributed by atoms with Gasteiger partial charge in [0.2, 0.25) is 5.82 Å². The standard InChI is InChI=1S/C13H17FN2O3/c14-10-5-4-6-11(12(10)16(17)18)19-9-13(15)7-2-1-3-8-13/h4-6H,1-3,7-9,15H2. The third-order valence-electron chi connectivity index (χ3n) is 3.50. The zero-order valence-corrected chi connectivity index (χ0v) is 10.6. The minimum atomic E-state index is -0.891. The summed E-state index contributed by atoms with van der Waals surface area (Å²) in [6.07, 6.45) is 4.88. The molecule has 0 aliphatic heterocycles. The number of rotatable bonds is 4. The van der Waals surface area contributed by atoms with Gasteiger partial charge in [0.15, 0.2) is 5.75 Å². The van der Waals surface area contributed by atoms with Crippen LogP contribution in [0.3, 0.4) is 0 Å². The summed E-state index contributed by atoms with van der Waals surface area (Å²) in [5, 5.41) is 10.8. The molecule has 0 aromatic heterocycles. The van der Waals surface area contributed by atoms with Gasteiger partial charge in [-0.05, 0) is 25.0 Å². The van der Waals surface area contributed by atoms with Crippen LogP contribution in [-0.4, -0.2) is 17.1 Å². The monoisotopic (exact) mass is 268 g/mol. The minimum Gasteiger partial charge on any atom is -0.485 e. The molecule has 19 heavy (non-hydrogen) atoms. The predicted molar refractivity (Wildman–Crippen MR) is 68.6 cm³/mol. The first-order valence-corrected chi connectivity index (χ1v) is 6.36. The second-order valence-electron chi connectivity index (χ2n) is 5.06. The van der Waals surface area contributed by atoms with Crippen molar-refractivity contribution in [1.82, 2.24) is 0 Å². The number of nitro groups is 1. The molecule has 1 aliphatic rings. The fourth-order valence-electron chi connectivity index (χ4n) is 2.41. The maximum absolute atomic E-state index is 13.4. The Balaban J connectivity index is 2.11. The van der Waals surface area contributed by atoms with Crippen LogP contribution in [0.5, 0.6) is 5.75 Å². The van der Waals surface area contributed by atoms with Crippen LogP contribution in [0.1, 0.15) is 32.1 Å². The molecule has 1 aromatic rings. The van der Waals surface area contributed by atoms with Crippen molar-refractivity contribution in [2.45, 2.75) is 37.6 Å². The van der Waals surface area contributed by atoms with Crippen molar-refractivity contribution in [3.8, 4) is 5.75 Å². The number of hydrogen-bond donors (Lipinski definition) is 1. The maximum atomic E-state index is 13.4. The van der Waals surface area contributed by atoms with E-state index < -0.39 is 22.0 Å². The molecule has 0 spiro atoms. The Morgan fingerprint density at radius 3 is 2.68 bits per heavy atom. The van der Waals surface area contributed by atoms with Crippen molar-refractivity contribution in [3.05, 3.63) is 34.1 Å². The van der Waals surface area contributed by atoms with Crippen LogP contribution in [0, 0.1) is 15.9 Å². The first-order valence-electron chi connectivity index (χ1n) is 6.36. The van der Waals surface area contributed by atoms with Crippen LogP contribution < -0.4 is 10.5 Å². The molecule has 0 amide bonds. The number of nitrogens with two attached hydrogens (primary N) is 1. The number of nitrogens with zero attached hydrogens (tertiary/aromatic N) is 1. The fraction of sp³-hybridized carbons (Fsp3) is 0.538. The van der Waals surface area contributed by atoms with E-state index in [1.54, 1.807) is 0 Å². The highest BCUT2D eigenvalue weighted by Gasteiger charge is 2.30. The lowest BCUT2D eigenvalue weighted by Crippen LogP contribution is -2.47. The highest BCUT2D eigenvalue weighted by atomic mass is 19.1. The molecule has 1 fully saturated rings. The molecule has 5 nitrogen and oxygen atoms in total. The Hall–Kier alpha value is -1.69. The number of benzene rings is 1. The second-order valence-corrected chi connectivity index (χ2v) is 5.06. The van der Waals surface area contributed by atoms with Gasteiger partial charge in [0.25, 0.3) is 0 Å². The summed E-state index contributed by atoms with van der Waals surface area (Å²) in [5.74, 6) is -0.947. The van der Waals surface area contributed by atoms with E-state index in [-0.39, 0.29) is 12.4 Å². The Morgan fingerprint density at radius 2 is 2.05 bits per heavy atom. The fourth-order valence-corrected chi connectivity index (χ4v) is 2.41. The normalized spacial score (nSPS) is 18.0. The van der Waals surface area contributed by atoms with E-state index in [0.717, 1.165) is 38.2 Å². The van der Waals surface area contributed by atoms with Gasteiger partial charge >= 0.3 is 5.69 Å². The molecule has 1 aliphatic carbocycles. The zero-order chi connectivity index (χ0) is 13.9. The van der Waals surface area contributed by atoms with Crippen LogP contribution in [0.4, 0.5) is 10.1 Å². The first kappa shape index (κ1) is 13.7. The third kappa shape index (κ3) is 3.20. The number of para-hydroxylation sites is 1. The molecule has 2 rings (SSSR count). The predicted octanol–water partition coefficient (Wildman–Crippen LogP) is 2.77.